The van der Waals surface area contributed by atoms with Crippen LogP contribution in [0.25, 0.3) is 10.6 Å². The number of aromatic nitrogens is 1. The maximum atomic E-state index is 12.3. The lowest BCUT2D eigenvalue weighted by Gasteiger charge is -2.08. The van der Waals surface area contributed by atoms with Crippen molar-refractivity contribution in [1.82, 2.24) is 9.71 Å². The Labute approximate surface area is 159 Å². The van der Waals surface area contributed by atoms with Crippen LogP contribution in [0.5, 0.6) is 0 Å². The summed E-state index contributed by atoms with van der Waals surface area (Å²) >= 11 is 7.06. The highest BCUT2D eigenvalue weighted by atomic mass is 35.5. The molecule has 2 aromatic carbocycles. The predicted octanol–water partition coefficient (Wildman–Crippen LogP) is 3.64. The van der Waals surface area contributed by atoms with E-state index in [-0.39, 0.29) is 17.1 Å². The average Bonchev–Trinajstić information content (AvgIpc) is 3.11. The number of hydrogen-bond acceptors (Lipinski definition) is 5. The highest BCUT2D eigenvalue weighted by molar-refractivity contribution is 7.89. The third-order valence-electron chi connectivity index (χ3n) is 3.47. The molecule has 134 valence electrons. The average molecular weight is 409 g/mol. The molecule has 0 aliphatic heterocycles. The van der Waals surface area contributed by atoms with Crippen molar-refractivity contribution in [3.05, 3.63) is 70.2 Å². The van der Waals surface area contributed by atoms with E-state index in [2.05, 4.69) is 9.71 Å². The summed E-state index contributed by atoms with van der Waals surface area (Å²) in [5.41, 5.74) is 1.43. The number of nitrogens with one attached hydrogen (secondary N) is 1. The van der Waals surface area contributed by atoms with Gasteiger partial charge in [-0.3, -0.25) is 0 Å². The minimum Gasteiger partial charge on any atom is -0.476 e. The Balaban J connectivity index is 1.77. The quantitative estimate of drug-likeness (QED) is 0.649. The summed E-state index contributed by atoms with van der Waals surface area (Å²) in [5.74, 6) is -1.09. The number of rotatable bonds is 6. The lowest BCUT2D eigenvalue weighted by Crippen LogP contribution is -2.23. The molecule has 3 aromatic rings. The third kappa shape index (κ3) is 4.28. The Bertz CT molecular complexity index is 1060. The Morgan fingerprint density at radius 3 is 2.65 bits per heavy atom. The summed E-state index contributed by atoms with van der Waals surface area (Å²) in [6.07, 6.45) is 0. The number of carboxylic acids is 1. The first-order chi connectivity index (χ1) is 12.3. The number of hydrogen-bond donors (Lipinski definition) is 2. The minimum absolute atomic E-state index is 0.0166. The van der Waals surface area contributed by atoms with Gasteiger partial charge in [-0.2, -0.15) is 0 Å². The van der Waals surface area contributed by atoms with Crippen LogP contribution in [0.1, 0.15) is 16.1 Å². The first-order valence-corrected chi connectivity index (χ1v) is 10.1. The number of carboxylic acid groups (broad SMARTS) is 1. The van der Waals surface area contributed by atoms with Gasteiger partial charge in [0.05, 0.1) is 4.90 Å². The summed E-state index contributed by atoms with van der Waals surface area (Å²) in [6, 6.07) is 13.1. The van der Waals surface area contributed by atoms with E-state index in [1.807, 2.05) is 0 Å². The molecule has 6 nitrogen and oxygen atoms in total. The molecule has 1 aromatic heterocycles. The molecule has 0 aliphatic rings. The number of benzene rings is 2. The third-order valence-corrected chi connectivity index (χ3v) is 6.00. The molecule has 9 heteroatoms. The van der Waals surface area contributed by atoms with Gasteiger partial charge < -0.3 is 5.11 Å². The second kappa shape index (κ2) is 7.55. The van der Waals surface area contributed by atoms with Crippen molar-refractivity contribution in [3.63, 3.8) is 0 Å². The first kappa shape index (κ1) is 18.5. The summed E-state index contributed by atoms with van der Waals surface area (Å²) < 4.78 is 27.2. The Kier molecular flexibility index (Phi) is 5.38. The molecule has 0 atom stereocenters. The monoisotopic (exact) mass is 408 g/mol. The summed E-state index contributed by atoms with van der Waals surface area (Å²) in [6.45, 7) is 0.0832. The molecule has 2 N–H and O–H groups in total. The molecule has 0 bridgehead atoms. The zero-order chi connectivity index (χ0) is 18.7. The number of aromatic carboxylic acids is 1. The molecule has 3 rings (SSSR count). The van der Waals surface area contributed by atoms with Gasteiger partial charge in [-0.15, -0.1) is 11.3 Å². The molecule has 0 fully saturated rings. The van der Waals surface area contributed by atoms with E-state index in [0.29, 0.717) is 10.0 Å². The van der Waals surface area contributed by atoms with Crippen molar-refractivity contribution in [2.24, 2.45) is 0 Å². The fraction of sp³-hybridized carbons (Fsp3) is 0.0588. The van der Waals surface area contributed by atoms with E-state index < -0.39 is 16.0 Å². The van der Waals surface area contributed by atoms with Gasteiger partial charge in [-0.1, -0.05) is 35.9 Å². The summed E-state index contributed by atoms with van der Waals surface area (Å²) in [4.78, 5) is 15.1. The summed E-state index contributed by atoms with van der Waals surface area (Å²) in [5, 5.41) is 11.3. The van der Waals surface area contributed by atoms with Crippen molar-refractivity contribution in [3.8, 4) is 10.6 Å². The Morgan fingerprint density at radius 2 is 1.96 bits per heavy atom. The maximum Gasteiger partial charge on any atom is 0.355 e. The van der Waals surface area contributed by atoms with E-state index in [1.165, 1.54) is 28.8 Å². The second-order valence-corrected chi connectivity index (χ2v) is 8.39. The molecule has 1 heterocycles. The zero-order valence-electron chi connectivity index (χ0n) is 13.2. The number of carbonyl (C=O) groups is 1. The fourth-order valence-corrected chi connectivity index (χ4v) is 4.32. The van der Waals surface area contributed by atoms with Crippen molar-refractivity contribution in [2.45, 2.75) is 11.4 Å². The highest BCUT2D eigenvalue weighted by Gasteiger charge is 2.15. The molecular weight excluding hydrogens is 396 g/mol. The van der Waals surface area contributed by atoms with Crippen LogP contribution in [-0.2, 0) is 16.6 Å². The van der Waals surface area contributed by atoms with Crippen LogP contribution in [0.15, 0.2) is 58.8 Å². The van der Waals surface area contributed by atoms with Crippen LogP contribution in [0.2, 0.25) is 5.02 Å². The molecule has 0 aliphatic carbocycles. The first-order valence-electron chi connectivity index (χ1n) is 7.38. The van der Waals surface area contributed by atoms with Crippen molar-refractivity contribution in [2.75, 3.05) is 0 Å². The van der Waals surface area contributed by atoms with E-state index >= 15 is 0 Å². The van der Waals surface area contributed by atoms with Crippen LogP contribution in [-0.4, -0.2) is 24.5 Å². The van der Waals surface area contributed by atoms with Crippen LogP contribution in [0, 0.1) is 0 Å². The van der Waals surface area contributed by atoms with Crippen LogP contribution in [0.3, 0.4) is 0 Å². The molecule has 0 saturated heterocycles. The Hall–Kier alpha value is -2.26. The Morgan fingerprint density at radius 1 is 1.19 bits per heavy atom. The topological polar surface area (TPSA) is 96.4 Å². The normalized spacial score (nSPS) is 11.4. The lowest BCUT2D eigenvalue weighted by atomic mass is 10.1. The number of nitrogens with zero attached hydrogens (tertiary/aromatic N) is 1. The van der Waals surface area contributed by atoms with Gasteiger partial charge >= 0.3 is 5.97 Å². The molecule has 0 unspecified atom stereocenters. The summed E-state index contributed by atoms with van der Waals surface area (Å²) in [7, 11) is -3.69. The SMILES string of the molecule is O=C(O)c1csc(-c2cccc(CNS(=O)(=O)c3cccc(Cl)c3)c2)n1. The van der Waals surface area contributed by atoms with E-state index in [0.717, 1.165) is 11.1 Å². The molecule has 0 amide bonds. The second-order valence-electron chi connectivity index (χ2n) is 5.33. The number of sulfonamides is 1. The van der Waals surface area contributed by atoms with Gasteiger partial charge in [0.2, 0.25) is 10.0 Å². The standard InChI is InChI=1S/C17H13ClN2O4S2/c18-13-5-2-6-14(8-13)26(23,24)19-9-11-3-1-4-12(7-11)16-20-15(10-25-16)17(21)22/h1-8,10,19H,9H2,(H,21,22). The maximum absolute atomic E-state index is 12.3. The van der Waals surface area contributed by atoms with E-state index in [9.17, 15) is 13.2 Å². The van der Waals surface area contributed by atoms with Crippen LogP contribution < -0.4 is 4.72 Å². The number of halogens is 1. The molecule has 26 heavy (non-hydrogen) atoms. The van der Waals surface area contributed by atoms with Crippen molar-refractivity contribution in [1.29, 1.82) is 0 Å². The number of thiazole rings is 1. The van der Waals surface area contributed by atoms with Crippen LogP contribution in [0.4, 0.5) is 0 Å². The predicted molar refractivity (Wildman–Crippen MR) is 100.0 cm³/mol. The largest absolute Gasteiger partial charge is 0.476 e. The van der Waals surface area contributed by atoms with E-state index in [1.54, 1.807) is 36.4 Å². The van der Waals surface area contributed by atoms with Gasteiger partial charge in [0.15, 0.2) is 5.69 Å². The van der Waals surface area contributed by atoms with Gasteiger partial charge in [-0.05, 0) is 29.8 Å². The minimum atomic E-state index is -3.69. The smallest absolute Gasteiger partial charge is 0.355 e. The van der Waals surface area contributed by atoms with Crippen molar-refractivity contribution < 1.29 is 18.3 Å². The van der Waals surface area contributed by atoms with Gasteiger partial charge in [0.25, 0.3) is 0 Å². The zero-order valence-corrected chi connectivity index (χ0v) is 15.6. The van der Waals surface area contributed by atoms with Gasteiger partial charge in [-0.25, -0.2) is 22.9 Å². The molecule has 0 radical (unpaired) electrons. The lowest BCUT2D eigenvalue weighted by molar-refractivity contribution is 0.0691. The van der Waals surface area contributed by atoms with Gasteiger partial charge in [0.1, 0.15) is 5.01 Å². The highest BCUT2D eigenvalue weighted by Crippen LogP contribution is 2.25. The molecular formula is C17H13ClN2O4S2. The van der Waals surface area contributed by atoms with Crippen LogP contribution >= 0.6 is 22.9 Å². The molecule has 0 spiro atoms. The van der Waals surface area contributed by atoms with Gasteiger partial charge in [0, 0.05) is 22.5 Å². The fourth-order valence-electron chi connectivity index (χ4n) is 2.21. The van der Waals surface area contributed by atoms with E-state index in [4.69, 9.17) is 16.7 Å². The van der Waals surface area contributed by atoms with Crippen molar-refractivity contribution >= 4 is 38.9 Å². The molecule has 0 saturated carbocycles.